The zero-order chi connectivity index (χ0) is 12.3. The molecule has 2 nitrogen and oxygen atoms in total. The van der Waals surface area contributed by atoms with Gasteiger partial charge in [0.05, 0.1) is 0 Å². The molecule has 0 amide bonds. The minimum Gasteiger partial charge on any atom is -0.313 e. The van der Waals surface area contributed by atoms with Gasteiger partial charge in [-0.25, -0.2) is 0 Å². The summed E-state index contributed by atoms with van der Waals surface area (Å²) in [6.07, 6.45) is 11.0. The highest BCUT2D eigenvalue weighted by Gasteiger charge is 2.14. The Morgan fingerprint density at radius 3 is 2.06 bits per heavy atom. The monoisotopic (exact) mass is 240 g/mol. The fourth-order valence-corrected chi connectivity index (χ4v) is 2.66. The number of nitrogens with one attached hydrogen (secondary N) is 1. The van der Waals surface area contributed by atoms with Crippen LogP contribution in [0.4, 0.5) is 0 Å². The van der Waals surface area contributed by atoms with Crippen molar-refractivity contribution in [1.82, 2.24) is 10.2 Å². The maximum atomic E-state index is 3.72. The van der Waals surface area contributed by atoms with E-state index < -0.39 is 0 Å². The lowest BCUT2D eigenvalue weighted by Crippen LogP contribution is -2.37. The molecule has 2 heteroatoms. The zero-order valence-corrected chi connectivity index (χ0v) is 12.0. The summed E-state index contributed by atoms with van der Waals surface area (Å²) in [4.78, 5) is 2.65. The lowest BCUT2D eigenvalue weighted by Gasteiger charge is -2.23. The first kappa shape index (κ1) is 15.0. The molecule has 1 fully saturated rings. The third kappa shape index (κ3) is 7.05. The van der Waals surface area contributed by atoms with Crippen molar-refractivity contribution in [1.29, 1.82) is 0 Å². The summed E-state index contributed by atoms with van der Waals surface area (Å²) in [7, 11) is 0. The van der Waals surface area contributed by atoms with Crippen LogP contribution in [-0.4, -0.2) is 37.1 Å². The van der Waals surface area contributed by atoms with Crippen LogP contribution in [0.25, 0.3) is 0 Å². The molecule has 0 aromatic heterocycles. The molecule has 0 aromatic rings. The minimum absolute atomic E-state index is 0.828. The molecule has 0 heterocycles. The first-order chi connectivity index (χ1) is 8.36. The molecule has 17 heavy (non-hydrogen) atoms. The van der Waals surface area contributed by atoms with Gasteiger partial charge in [0.1, 0.15) is 0 Å². The highest BCUT2D eigenvalue weighted by molar-refractivity contribution is 4.74. The van der Waals surface area contributed by atoms with E-state index in [0.717, 1.165) is 6.04 Å². The smallest absolute Gasteiger partial charge is 0.0107 e. The third-order valence-electron chi connectivity index (χ3n) is 3.87. The summed E-state index contributed by atoms with van der Waals surface area (Å²) >= 11 is 0. The van der Waals surface area contributed by atoms with Crippen molar-refractivity contribution in [2.75, 3.05) is 26.2 Å². The summed E-state index contributed by atoms with van der Waals surface area (Å²) in [6.45, 7) is 9.60. The average molecular weight is 240 g/mol. The van der Waals surface area contributed by atoms with Gasteiger partial charge in [-0.2, -0.15) is 0 Å². The summed E-state index contributed by atoms with van der Waals surface area (Å²) in [5, 5.41) is 3.72. The van der Waals surface area contributed by atoms with E-state index in [0.29, 0.717) is 0 Å². The predicted molar refractivity (Wildman–Crippen MR) is 76.5 cm³/mol. The molecule has 1 N–H and O–H groups in total. The lowest BCUT2D eigenvalue weighted by atomic mass is 10.2. The van der Waals surface area contributed by atoms with Crippen molar-refractivity contribution in [3.8, 4) is 0 Å². The highest BCUT2D eigenvalue weighted by Crippen LogP contribution is 2.17. The minimum atomic E-state index is 0.828. The molecule has 0 saturated heterocycles. The predicted octanol–water partition coefficient (Wildman–Crippen LogP) is 3.42. The van der Waals surface area contributed by atoms with Gasteiger partial charge in [0, 0.05) is 19.1 Å². The zero-order valence-electron chi connectivity index (χ0n) is 12.0. The van der Waals surface area contributed by atoms with Crippen molar-refractivity contribution in [2.45, 2.75) is 71.3 Å². The van der Waals surface area contributed by atoms with Crippen LogP contribution in [0.5, 0.6) is 0 Å². The second kappa shape index (κ2) is 9.90. The van der Waals surface area contributed by atoms with Crippen LogP contribution in [-0.2, 0) is 0 Å². The van der Waals surface area contributed by atoms with Crippen LogP contribution >= 0.6 is 0 Å². The van der Waals surface area contributed by atoms with E-state index in [2.05, 4.69) is 24.1 Å². The Morgan fingerprint density at radius 1 is 0.941 bits per heavy atom. The molecule has 0 atom stereocenters. The highest BCUT2D eigenvalue weighted by atomic mass is 15.1. The Bertz CT molecular complexity index is 156. The van der Waals surface area contributed by atoms with Gasteiger partial charge < -0.3 is 10.2 Å². The van der Waals surface area contributed by atoms with Crippen LogP contribution in [0.15, 0.2) is 0 Å². The topological polar surface area (TPSA) is 15.3 Å². The molecule has 1 saturated carbocycles. The van der Waals surface area contributed by atoms with Crippen molar-refractivity contribution in [2.24, 2.45) is 0 Å². The molecule has 1 aliphatic rings. The van der Waals surface area contributed by atoms with Gasteiger partial charge in [-0.3, -0.25) is 0 Å². The van der Waals surface area contributed by atoms with Crippen LogP contribution in [0.2, 0.25) is 0 Å². The first-order valence-corrected chi connectivity index (χ1v) is 7.82. The molecule has 0 aliphatic heterocycles. The molecule has 102 valence electrons. The van der Waals surface area contributed by atoms with Gasteiger partial charge in [0.25, 0.3) is 0 Å². The number of nitrogens with zero attached hydrogens (tertiary/aromatic N) is 1. The normalized spacial score (nSPS) is 17.1. The summed E-state index contributed by atoms with van der Waals surface area (Å²) in [6, 6.07) is 0.828. The number of rotatable bonds is 10. The Balaban J connectivity index is 2.08. The van der Waals surface area contributed by atoms with Crippen molar-refractivity contribution in [3.63, 3.8) is 0 Å². The van der Waals surface area contributed by atoms with E-state index in [1.807, 2.05) is 0 Å². The maximum absolute atomic E-state index is 3.72. The fourth-order valence-electron chi connectivity index (χ4n) is 2.66. The van der Waals surface area contributed by atoms with Crippen molar-refractivity contribution in [3.05, 3.63) is 0 Å². The maximum Gasteiger partial charge on any atom is 0.0107 e. The molecule has 1 rings (SSSR count). The first-order valence-electron chi connectivity index (χ1n) is 7.82. The van der Waals surface area contributed by atoms with E-state index in [-0.39, 0.29) is 0 Å². The van der Waals surface area contributed by atoms with Crippen molar-refractivity contribution >= 4 is 0 Å². The fraction of sp³-hybridized carbons (Fsp3) is 1.00. The van der Waals surface area contributed by atoms with Gasteiger partial charge in [0.15, 0.2) is 0 Å². The van der Waals surface area contributed by atoms with Gasteiger partial charge in [-0.1, -0.05) is 39.5 Å². The Kier molecular flexibility index (Phi) is 8.72. The van der Waals surface area contributed by atoms with E-state index in [1.54, 1.807) is 0 Å². The SMILES string of the molecule is CCCCN(CCCC)CCNC1CCCC1. The standard InChI is InChI=1S/C15H32N2/c1-3-5-12-17(13-6-4-2)14-11-16-15-9-7-8-10-15/h15-16H,3-14H2,1-2H3. The Hall–Kier alpha value is -0.0800. The van der Waals surface area contributed by atoms with Crippen molar-refractivity contribution < 1.29 is 0 Å². The van der Waals surface area contributed by atoms with E-state index >= 15 is 0 Å². The second-order valence-electron chi connectivity index (χ2n) is 5.48. The molecule has 0 bridgehead atoms. The average Bonchev–Trinajstić information content (AvgIpc) is 2.85. The third-order valence-corrected chi connectivity index (χ3v) is 3.87. The van der Waals surface area contributed by atoms with Gasteiger partial charge >= 0.3 is 0 Å². The summed E-state index contributed by atoms with van der Waals surface area (Å²) < 4.78 is 0. The number of hydrogen-bond acceptors (Lipinski definition) is 2. The molecule has 0 radical (unpaired) electrons. The molecule has 0 spiro atoms. The van der Waals surface area contributed by atoms with E-state index in [1.165, 1.54) is 77.5 Å². The van der Waals surface area contributed by atoms with E-state index in [9.17, 15) is 0 Å². The quantitative estimate of drug-likeness (QED) is 0.629. The Labute approximate surface area is 108 Å². The van der Waals surface area contributed by atoms with Crippen LogP contribution < -0.4 is 5.32 Å². The van der Waals surface area contributed by atoms with Gasteiger partial charge in [0.2, 0.25) is 0 Å². The van der Waals surface area contributed by atoms with Crippen LogP contribution in [0.1, 0.15) is 65.2 Å². The molecule has 0 aromatic carbocycles. The van der Waals surface area contributed by atoms with Gasteiger partial charge in [-0.05, 0) is 38.8 Å². The molecular formula is C15H32N2. The van der Waals surface area contributed by atoms with E-state index in [4.69, 9.17) is 0 Å². The number of hydrogen-bond donors (Lipinski definition) is 1. The Morgan fingerprint density at radius 2 is 1.53 bits per heavy atom. The van der Waals surface area contributed by atoms with Gasteiger partial charge in [-0.15, -0.1) is 0 Å². The van der Waals surface area contributed by atoms with Crippen LogP contribution in [0.3, 0.4) is 0 Å². The largest absolute Gasteiger partial charge is 0.313 e. The molecular weight excluding hydrogens is 208 g/mol. The van der Waals surface area contributed by atoms with Crippen LogP contribution in [0, 0.1) is 0 Å². The molecule has 0 unspecified atom stereocenters. The summed E-state index contributed by atoms with van der Waals surface area (Å²) in [5.41, 5.74) is 0. The number of unbranched alkanes of at least 4 members (excludes halogenated alkanes) is 2. The second-order valence-corrected chi connectivity index (χ2v) is 5.48. The molecule has 1 aliphatic carbocycles. The lowest BCUT2D eigenvalue weighted by molar-refractivity contribution is 0.260. The summed E-state index contributed by atoms with van der Waals surface area (Å²) in [5.74, 6) is 0.